The molecule has 0 spiro atoms. The van der Waals surface area contributed by atoms with Gasteiger partial charge in [0.05, 0.1) is 6.61 Å². The number of carboxylic acids is 1. The Labute approximate surface area is 131 Å². The smallest absolute Gasteiger partial charge is 0.305 e. The van der Waals surface area contributed by atoms with E-state index in [0.29, 0.717) is 19.4 Å². The van der Waals surface area contributed by atoms with E-state index in [1.807, 2.05) is 6.92 Å². The molecule has 4 heteroatoms. The van der Waals surface area contributed by atoms with Crippen LogP contribution in [0.1, 0.15) is 92.4 Å². The fourth-order valence-corrected chi connectivity index (χ4v) is 1.63. The van der Waals surface area contributed by atoms with E-state index in [1.54, 1.807) is 0 Å². The number of esters is 1. The zero-order valence-electron chi connectivity index (χ0n) is 13.5. The van der Waals surface area contributed by atoms with Crippen LogP contribution in [-0.2, 0) is 14.3 Å². The second-order valence-electron chi connectivity index (χ2n) is 4.82. The molecular formula is C17H36O4. The van der Waals surface area contributed by atoms with Gasteiger partial charge in [-0.3, -0.25) is 9.59 Å². The van der Waals surface area contributed by atoms with Gasteiger partial charge in [-0.2, -0.15) is 0 Å². The number of hydrogen-bond acceptors (Lipinski definition) is 3. The first kappa shape index (κ1) is 24.9. The lowest BCUT2D eigenvalue weighted by molar-refractivity contribution is -0.143. The minimum Gasteiger partial charge on any atom is -0.481 e. The normalized spacial score (nSPS) is 9.10. The van der Waals surface area contributed by atoms with E-state index in [4.69, 9.17) is 9.84 Å². The van der Waals surface area contributed by atoms with Crippen molar-refractivity contribution in [1.82, 2.24) is 0 Å². The molecule has 0 aromatic carbocycles. The number of aliphatic carboxylic acids is 1. The summed E-state index contributed by atoms with van der Waals surface area (Å²) in [6.45, 7) is 6.61. The molecule has 4 nitrogen and oxygen atoms in total. The summed E-state index contributed by atoms with van der Waals surface area (Å²) >= 11 is 0. The third-order valence-corrected chi connectivity index (χ3v) is 2.78. The number of ether oxygens (including phenoxy) is 1. The molecule has 0 fully saturated rings. The van der Waals surface area contributed by atoms with E-state index in [9.17, 15) is 9.59 Å². The highest BCUT2D eigenvalue weighted by Crippen LogP contribution is 2.03. The standard InChI is InChI=1S/C9H18O2.C7H14O2.CH4/c1-3-5-6-7-8-9(10)11-4-2;1-2-3-4-5-6-7(8)9;/h3-8H2,1-2H3;2-6H2,1H3,(H,8,9);1H4. The zero-order valence-corrected chi connectivity index (χ0v) is 13.5. The molecule has 0 bridgehead atoms. The Bertz CT molecular complexity index is 227. The Balaban J connectivity index is -0.000000300. The number of carbonyl (C=O) groups is 2. The van der Waals surface area contributed by atoms with Gasteiger partial charge in [-0.25, -0.2) is 0 Å². The minimum atomic E-state index is -0.675. The topological polar surface area (TPSA) is 63.6 Å². The molecule has 0 saturated heterocycles. The lowest BCUT2D eigenvalue weighted by Gasteiger charge is -2.00. The zero-order chi connectivity index (χ0) is 15.6. The van der Waals surface area contributed by atoms with Crippen LogP contribution in [0.3, 0.4) is 0 Å². The molecule has 0 saturated carbocycles. The van der Waals surface area contributed by atoms with E-state index in [-0.39, 0.29) is 13.4 Å². The Kier molecular flexibility index (Phi) is 25.2. The summed E-state index contributed by atoms with van der Waals surface area (Å²) in [4.78, 5) is 20.7. The van der Waals surface area contributed by atoms with Crippen molar-refractivity contribution in [2.75, 3.05) is 6.61 Å². The molecule has 0 heterocycles. The number of rotatable bonds is 11. The lowest BCUT2D eigenvalue weighted by Crippen LogP contribution is -2.02. The maximum Gasteiger partial charge on any atom is 0.305 e. The monoisotopic (exact) mass is 304 g/mol. The Morgan fingerprint density at radius 1 is 0.810 bits per heavy atom. The lowest BCUT2D eigenvalue weighted by atomic mass is 10.2. The van der Waals surface area contributed by atoms with Gasteiger partial charge in [0.1, 0.15) is 0 Å². The van der Waals surface area contributed by atoms with Crippen molar-refractivity contribution in [3.05, 3.63) is 0 Å². The Morgan fingerprint density at radius 3 is 1.67 bits per heavy atom. The summed E-state index contributed by atoms with van der Waals surface area (Å²) in [5, 5.41) is 8.21. The van der Waals surface area contributed by atoms with Crippen LogP contribution in [0, 0.1) is 0 Å². The van der Waals surface area contributed by atoms with Crippen molar-refractivity contribution in [1.29, 1.82) is 0 Å². The van der Waals surface area contributed by atoms with Crippen molar-refractivity contribution in [2.45, 2.75) is 92.4 Å². The first-order valence-corrected chi connectivity index (χ1v) is 7.95. The molecule has 0 aliphatic heterocycles. The second kappa shape index (κ2) is 21.2. The van der Waals surface area contributed by atoms with Gasteiger partial charge in [-0.15, -0.1) is 0 Å². The summed E-state index contributed by atoms with van der Waals surface area (Å²) in [7, 11) is 0. The van der Waals surface area contributed by atoms with Crippen molar-refractivity contribution in [2.24, 2.45) is 0 Å². The third-order valence-electron chi connectivity index (χ3n) is 2.78. The van der Waals surface area contributed by atoms with Crippen LogP contribution < -0.4 is 0 Å². The van der Waals surface area contributed by atoms with Gasteiger partial charge in [0.2, 0.25) is 0 Å². The fourth-order valence-electron chi connectivity index (χ4n) is 1.63. The van der Waals surface area contributed by atoms with Gasteiger partial charge in [0.15, 0.2) is 0 Å². The highest BCUT2D eigenvalue weighted by atomic mass is 16.5. The Morgan fingerprint density at radius 2 is 1.29 bits per heavy atom. The predicted molar refractivity (Wildman–Crippen MR) is 88.5 cm³/mol. The number of hydrogen-bond donors (Lipinski definition) is 1. The third kappa shape index (κ3) is 28.0. The van der Waals surface area contributed by atoms with Crippen LogP contribution in [-0.4, -0.2) is 23.7 Å². The van der Waals surface area contributed by atoms with Gasteiger partial charge in [-0.05, 0) is 19.8 Å². The van der Waals surface area contributed by atoms with Crippen LogP contribution in [0.15, 0.2) is 0 Å². The van der Waals surface area contributed by atoms with Gasteiger partial charge in [-0.1, -0.05) is 59.8 Å². The van der Waals surface area contributed by atoms with E-state index in [1.165, 1.54) is 19.3 Å². The molecule has 0 rings (SSSR count). The van der Waals surface area contributed by atoms with Crippen LogP contribution >= 0.6 is 0 Å². The van der Waals surface area contributed by atoms with E-state index >= 15 is 0 Å². The van der Waals surface area contributed by atoms with Crippen molar-refractivity contribution in [3.63, 3.8) is 0 Å². The largest absolute Gasteiger partial charge is 0.481 e. The number of unbranched alkanes of at least 4 members (excludes halogenated alkanes) is 6. The SMILES string of the molecule is C.CCCCCCC(=O)O.CCCCCCC(=O)OCC. The first-order valence-electron chi connectivity index (χ1n) is 7.95. The average Bonchev–Trinajstić information content (AvgIpc) is 2.41. The fraction of sp³-hybridized carbons (Fsp3) is 0.882. The van der Waals surface area contributed by atoms with E-state index in [0.717, 1.165) is 32.1 Å². The molecule has 0 atom stereocenters. The van der Waals surface area contributed by atoms with Crippen molar-refractivity contribution in [3.8, 4) is 0 Å². The molecule has 0 aromatic heterocycles. The van der Waals surface area contributed by atoms with Crippen LogP contribution in [0.25, 0.3) is 0 Å². The second-order valence-corrected chi connectivity index (χ2v) is 4.82. The van der Waals surface area contributed by atoms with Crippen LogP contribution in [0.2, 0.25) is 0 Å². The maximum absolute atomic E-state index is 10.8. The van der Waals surface area contributed by atoms with Crippen molar-refractivity contribution < 1.29 is 19.4 Å². The molecule has 0 aliphatic rings. The summed E-state index contributed by atoms with van der Waals surface area (Å²) in [5.41, 5.74) is 0. The first-order chi connectivity index (χ1) is 9.58. The van der Waals surface area contributed by atoms with Crippen LogP contribution in [0.4, 0.5) is 0 Å². The van der Waals surface area contributed by atoms with Crippen LogP contribution in [0.5, 0.6) is 0 Å². The molecule has 128 valence electrons. The van der Waals surface area contributed by atoms with E-state index < -0.39 is 5.97 Å². The summed E-state index contributed by atoms with van der Waals surface area (Å²) in [5.74, 6) is -0.727. The summed E-state index contributed by atoms with van der Waals surface area (Å²) in [6.07, 6.45) is 9.71. The minimum absolute atomic E-state index is 0. The summed E-state index contributed by atoms with van der Waals surface area (Å²) in [6, 6.07) is 0. The quantitative estimate of drug-likeness (QED) is 0.421. The van der Waals surface area contributed by atoms with Crippen molar-refractivity contribution >= 4 is 11.9 Å². The molecule has 0 amide bonds. The molecule has 0 aromatic rings. The van der Waals surface area contributed by atoms with Gasteiger partial charge >= 0.3 is 11.9 Å². The number of carboxylic acid groups (broad SMARTS) is 1. The van der Waals surface area contributed by atoms with Gasteiger partial charge in [0.25, 0.3) is 0 Å². The Hall–Kier alpha value is -1.06. The summed E-state index contributed by atoms with van der Waals surface area (Å²) < 4.78 is 4.78. The molecule has 1 N–H and O–H groups in total. The molecule has 0 unspecified atom stereocenters. The highest BCUT2D eigenvalue weighted by Gasteiger charge is 1.99. The van der Waals surface area contributed by atoms with Gasteiger partial charge in [0, 0.05) is 12.8 Å². The highest BCUT2D eigenvalue weighted by molar-refractivity contribution is 5.69. The maximum atomic E-state index is 10.8. The molecular weight excluding hydrogens is 268 g/mol. The van der Waals surface area contributed by atoms with E-state index in [2.05, 4.69) is 13.8 Å². The molecule has 0 radical (unpaired) electrons. The molecule has 21 heavy (non-hydrogen) atoms. The van der Waals surface area contributed by atoms with Gasteiger partial charge < -0.3 is 9.84 Å². The molecule has 0 aliphatic carbocycles. The average molecular weight is 304 g/mol. The number of carbonyl (C=O) groups excluding carboxylic acids is 1. The predicted octanol–water partition coefficient (Wildman–Crippen LogP) is 5.20.